The van der Waals surface area contributed by atoms with E-state index in [-0.39, 0.29) is 0 Å². The largest absolute Gasteiger partial charge is 0.489 e. The summed E-state index contributed by atoms with van der Waals surface area (Å²) >= 11 is 3.67. The average molecular weight is 376 g/mol. The zero-order valence-electron chi connectivity index (χ0n) is 13.4. The van der Waals surface area contributed by atoms with Crippen LogP contribution >= 0.6 is 15.9 Å². The van der Waals surface area contributed by atoms with Gasteiger partial charge in [0.2, 0.25) is 0 Å². The lowest BCUT2D eigenvalue weighted by Crippen LogP contribution is -2.22. The van der Waals surface area contributed by atoms with Gasteiger partial charge >= 0.3 is 0 Å². The average Bonchev–Trinajstić information content (AvgIpc) is 3.04. The molecule has 0 saturated carbocycles. The third kappa shape index (κ3) is 4.56. The summed E-state index contributed by atoms with van der Waals surface area (Å²) in [4.78, 5) is 2.43. The molecular formula is C19H22BrNO2. The van der Waals surface area contributed by atoms with E-state index in [0.717, 1.165) is 36.3 Å². The molecule has 1 atom stereocenters. The first kappa shape index (κ1) is 16.5. The summed E-state index contributed by atoms with van der Waals surface area (Å²) in [6.45, 7) is 3.64. The number of ether oxygens (including phenoxy) is 2. The first-order valence-electron chi connectivity index (χ1n) is 7.95. The van der Waals surface area contributed by atoms with Crippen molar-refractivity contribution in [1.82, 2.24) is 4.90 Å². The number of rotatable bonds is 6. The van der Waals surface area contributed by atoms with Crippen LogP contribution in [0.2, 0.25) is 0 Å². The molecular weight excluding hydrogens is 354 g/mol. The van der Waals surface area contributed by atoms with Gasteiger partial charge in [-0.1, -0.05) is 52.3 Å². The van der Waals surface area contributed by atoms with E-state index in [0.29, 0.717) is 12.7 Å². The Morgan fingerprint density at radius 2 is 2.00 bits per heavy atom. The van der Waals surface area contributed by atoms with Gasteiger partial charge in [-0.3, -0.25) is 4.90 Å². The number of hydrogen-bond donors (Lipinski definition) is 0. The molecule has 3 rings (SSSR count). The molecule has 2 aromatic rings. The lowest BCUT2D eigenvalue weighted by atomic mass is 10.2. The second-order valence-corrected chi connectivity index (χ2v) is 6.76. The number of nitrogens with zero attached hydrogens (tertiary/aromatic N) is 1. The summed E-state index contributed by atoms with van der Waals surface area (Å²) in [6.07, 6.45) is 1.49. The summed E-state index contributed by atoms with van der Waals surface area (Å²) in [5.41, 5.74) is 2.46. The van der Waals surface area contributed by atoms with Crippen LogP contribution in [0.4, 0.5) is 0 Å². The monoisotopic (exact) mass is 375 g/mol. The van der Waals surface area contributed by atoms with Crippen molar-refractivity contribution in [2.24, 2.45) is 0 Å². The molecule has 122 valence electrons. The first-order valence-corrected chi connectivity index (χ1v) is 8.74. The molecule has 1 heterocycles. The molecule has 0 aliphatic carbocycles. The number of methoxy groups -OCH3 is 1. The predicted octanol–water partition coefficient (Wildman–Crippen LogP) is 4.25. The molecule has 0 aromatic heterocycles. The van der Waals surface area contributed by atoms with Crippen molar-refractivity contribution < 1.29 is 9.47 Å². The Bertz CT molecular complexity index is 633. The fourth-order valence-corrected chi connectivity index (χ4v) is 3.34. The smallest absolute Gasteiger partial charge is 0.120 e. The number of hydrogen-bond acceptors (Lipinski definition) is 3. The SMILES string of the molecule is COC1CCN(Cc2ccc(OCc3ccccc3)cc2Br)C1. The van der Waals surface area contributed by atoms with Crippen molar-refractivity contribution in [2.45, 2.75) is 25.7 Å². The zero-order valence-corrected chi connectivity index (χ0v) is 15.0. The maximum atomic E-state index is 5.87. The lowest BCUT2D eigenvalue weighted by molar-refractivity contribution is 0.107. The van der Waals surface area contributed by atoms with Gasteiger partial charge in [-0.15, -0.1) is 0 Å². The topological polar surface area (TPSA) is 21.7 Å². The molecule has 4 heteroatoms. The fraction of sp³-hybridized carbons (Fsp3) is 0.368. The summed E-state index contributed by atoms with van der Waals surface area (Å²) < 4.78 is 12.4. The predicted molar refractivity (Wildman–Crippen MR) is 95.6 cm³/mol. The van der Waals surface area contributed by atoms with Crippen LogP contribution in [0.1, 0.15) is 17.5 Å². The van der Waals surface area contributed by atoms with Crippen LogP contribution in [0.15, 0.2) is 53.0 Å². The van der Waals surface area contributed by atoms with E-state index < -0.39 is 0 Å². The molecule has 0 N–H and O–H groups in total. The third-order valence-corrected chi connectivity index (χ3v) is 4.97. The van der Waals surface area contributed by atoms with Crippen molar-refractivity contribution in [3.05, 3.63) is 64.1 Å². The van der Waals surface area contributed by atoms with Gasteiger partial charge in [0, 0.05) is 31.2 Å². The third-order valence-electron chi connectivity index (χ3n) is 4.23. The van der Waals surface area contributed by atoms with E-state index in [1.165, 1.54) is 11.1 Å². The van der Waals surface area contributed by atoms with E-state index in [9.17, 15) is 0 Å². The van der Waals surface area contributed by atoms with Gasteiger partial charge in [-0.2, -0.15) is 0 Å². The summed E-state index contributed by atoms with van der Waals surface area (Å²) in [5, 5.41) is 0. The first-order chi connectivity index (χ1) is 11.2. The van der Waals surface area contributed by atoms with Crippen molar-refractivity contribution >= 4 is 15.9 Å². The summed E-state index contributed by atoms with van der Waals surface area (Å²) in [5.74, 6) is 0.890. The van der Waals surface area contributed by atoms with Crippen molar-refractivity contribution in [3.63, 3.8) is 0 Å². The Morgan fingerprint density at radius 3 is 2.70 bits per heavy atom. The quantitative estimate of drug-likeness (QED) is 0.753. The van der Waals surface area contributed by atoms with E-state index in [2.05, 4.69) is 45.1 Å². The Balaban J connectivity index is 1.57. The Hall–Kier alpha value is -1.36. The van der Waals surface area contributed by atoms with E-state index in [1.807, 2.05) is 24.3 Å². The highest BCUT2D eigenvalue weighted by Gasteiger charge is 2.22. The zero-order chi connectivity index (χ0) is 16.1. The van der Waals surface area contributed by atoms with Gasteiger partial charge in [0.15, 0.2) is 0 Å². The molecule has 0 bridgehead atoms. The minimum Gasteiger partial charge on any atom is -0.489 e. The molecule has 1 aliphatic heterocycles. The highest BCUT2D eigenvalue weighted by molar-refractivity contribution is 9.10. The van der Waals surface area contributed by atoms with Crippen molar-refractivity contribution in [2.75, 3.05) is 20.2 Å². The number of benzene rings is 2. The highest BCUT2D eigenvalue weighted by atomic mass is 79.9. The molecule has 3 nitrogen and oxygen atoms in total. The van der Waals surface area contributed by atoms with Crippen LogP contribution in [0.25, 0.3) is 0 Å². The normalized spacial score (nSPS) is 18.3. The van der Waals surface area contributed by atoms with Crippen molar-refractivity contribution in [1.29, 1.82) is 0 Å². The van der Waals surface area contributed by atoms with Crippen LogP contribution in [0.5, 0.6) is 5.75 Å². The fourth-order valence-electron chi connectivity index (χ4n) is 2.86. The van der Waals surface area contributed by atoms with Gasteiger partial charge in [-0.05, 0) is 29.7 Å². The van der Waals surface area contributed by atoms with Crippen LogP contribution in [-0.2, 0) is 17.9 Å². The molecule has 1 fully saturated rings. The molecule has 23 heavy (non-hydrogen) atoms. The summed E-state index contributed by atoms with van der Waals surface area (Å²) in [7, 11) is 1.79. The van der Waals surface area contributed by atoms with Crippen LogP contribution in [0, 0.1) is 0 Å². The van der Waals surface area contributed by atoms with Gasteiger partial charge in [-0.25, -0.2) is 0 Å². The second-order valence-electron chi connectivity index (χ2n) is 5.91. The van der Waals surface area contributed by atoms with Gasteiger partial charge < -0.3 is 9.47 Å². The second kappa shape index (κ2) is 7.95. The number of halogens is 1. The molecule has 1 aliphatic rings. The Morgan fingerprint density at radius 1 is 1.17 bits per heavy atom. The molecule has 0 radical (unpaired) electrons. The van der Waals surface area contributed by atoms with Crippen molar-refractivity contribution in [3.8, 4) is 5.75 Å². The van der Waals surface area contributed by atoms with Crippen LogP contribution in [0.3, 0.4) is 0 Å². The minimum absolute atomic E-state index is 0.377. The molecule has 0 amide bonds. The molecule has 1 saturated heterocycles. The minimum atomic E-state index is 0.377. The summed E-state index contributed by atoms with van der Waals surface area (Å²) in [6, 6.07) is 16.5. The van der Waals surface area contributed by atoms with Crippen LogP contribution in [-0.4, -0.2) is 31.2 Å². The van der Waals surface area contributed by atoms with E-state index in [1.54, 1.807) is 7.11 Å². The maximum absolute atomic E-state index is 5.87. The maximum Gasteiger partial charge on any atom is 0.120 e. The van der Waals surface area contributed by atoms with Crippen LogP contribution < -0.4 is 4.74 Å². The molecule has 2 aromatic carbocycles. The Kier molecular flexibility index (Phi) is 5.70. The molecule has 0 spiro atoms. The van der Waals surface area contributed by atoms with Gasteiger partial charge in [0.1, 0.15) is 12.4 Å². The van der Waals surface area contributed by atoms with Gasteiger partial charge in [0.05, 0.1) is 6.10 Å². The van der Waals surface area contributed by atoms with E-state index in [4.69, 9.17) is 9.47 Å². The molecule has 1 unspecified atom stereocenters. The Labute approximate surface area is 146 Å². The standard InChI is InChI=1S/C19H22BrNO2/c1-22-18-9-10-21(13-18)12-16-7-8-17(11-19(16)20)23-14-15-5-3-2-4-6-15/h2-8,11,18H,9-10,12-14H2,1H3. The van der Waals surface area contributed by atoms with Gasteiger partial charge in [0.25, 0.3) is 0 Å². The van der Waals surface area contributed by atoms with E-state index >= 15 is 0 Å². The highest BCUT2D eigenvalue weighted by Crippen LogP contribution is 2.26. The lowest BCUT2D eigenvalue weighted by Gasteiger charge is -2.17. The number of likely N-dealkylation sites (tertiary alicyclic amines) is 1.